The van der Waals surface area contributed by atoms with Gasteiger partial charge in [0.05, 0.1) is 0 Å². The van der Waals surface area contributed by atoms with Crippen LogP contribution < -0.4 is 0 Å². The Balaban J connectivity index is 1.24. The Labute approximate surface area is 199 Å². The van der Waals surface area contributed by atoms with E-state index >= 15 is 0 Å². The molecule has 176 valence electrons. The summed E-state index contributed by atoms with van der Waals surface area (Å²) in [6.45, 7) is 11.2. The van der Waals surface area contributed by atoms with E-state index < -0.39 is 0 Å². The monoisotopic (exact) mass is 444 g/mol. The first-order valence-corrected chi connectivity index (χ1v) is 13.3. The molecule has 2 aliphatic heterocycles. The van der Waals surface area contributed by atoms with Crippen molar-refractivity contribution >= 4 is 0 Å². The van der Waals surface area contributed by atoms with Crippen molar-refractivity contribution in [1.29, 1.82) is 0 Å². The summed E-state index contributed by atoms with van der Waals surface area (Å²) >= 11 is 0. The van der Waals surface area contributed by atoms with Gasteiger partial charge in [0.15, 0.2) is 0 Å². The minimum atomic E-state index is 0.182. The highest BCUT2D eigenvalue weighted by molar-refractivity contribution is 5.44. The predicted molar refractivity (Wildman–Crippen MR) is 135 cm³/mol. The third-order valence-corrected chi connectivity index (χ3v) is 10.1. The fourth-order valence-corrected chi connectivity index (χ4v) is 7.75. The summed E-state index contributed by atoms with van der Waals surface area (Å²) < 4.78 is 0. The lowest BCUT2D eigenvalue weighted by Crippen LogP contribution is -2.58. The van der Waals surface area contributed by atoms with Crippen LogP contribution in [0.4, 0.5) is 0 Å². The third kappa shape index (κ3) is 3.63. The van der Waals surface area contributed by atoms with Gasteiger partial charge in [-0.1, -0.05) is 56.7 Å². The molecule has 2 heterocycles. The summed E-state index contributed by atoms with van der Waals surface area (Å²) in [6, 6.07) is 18.2. The number of fused-ring (bicyclic) bond motifs is 4. The standard InChI is InChI=1S/C30H40N2O/c1-22-28-17-23-11-12-26(33)18-27(23)29(22,2)13-16-32(28)20-25-19-30(25,24-9-5-3-6-10-24)21-31-14-7-4-8-15-31/h3,5-6,9-12,18,22,25,28,33H,4,7-8,13-17,19-21H2,1-2H3/t22-,25-,28+,29-,30+/m0/s1. The number of likely N-dealkylation sites (tertiary alicyclic amines) is 2. The minimum absolute atomic E-state index is 0.182. The Morgan fingerprint density at radius 1 is 1.00 bits per heavy atom. The second-order valence-electron chi connectivity index (χ2n) is 11.8. The van der Waals surface area contributed by atoms with Crippen LogP contribution in [-0.4, -0.2) is 53.7 Å². The molecule has 2 aliphatic carbocycles. The molecule has 0 spiro atoms. The van der Waals surface area contributed by atoms with Gasteiger partial charge in [-0.25, -0.2) is 0 Å². The van der Waals surface area contributed by atoms with E-state index in [0.29, 0.717) is 23.1 Å². The summed E-state index contributed by atoms with van der Waals surface area (Å²) in [5, 5.41) is 10.2. The van der Waals surface area contributed by atoms with Gasteiger partial charge in [-0.2, -0.15) is 0 Å². The number of rotatable bonds is 5. The molecule has 6 rings (SSSR count). The number of aromatic hydroxyl groups is 1. The number of phenolic OH excluding ortho intramolecular Hbond substituents is 1. The molecule has 2 aromatic rings. The van der Waals surface area contributed by atoms with Crippen molar-refractivity contribution in [2.24, 2.45) is 11.8 Å². The lowest BCUT2D eigenvalue weighted by molar-refractivity contribution is 0.0261. The molecule has 1 saturated carbocycles. The lowest BCUT2D eigenvalue weighted by atomic mass is 9.59. The van der Waals surface area contributed by atoms with Gasteiger partial charge in [0, 0.05) is 24.5 Å². The third-order valence-electron chi connectivity index (χ3n) is 10.1. The predicted octanol–water partition coefficient (Wildman–Crippen LogP) is 5.36. The summed E-state index contributed by atoms with van der Waals surface area (Å²) in [7, 11) is 0. The molecule has 4 aliphatic rings. The molecule has 3 heteroatoms. The first-order valence-electron chi connectivity index (χ1n) is 13.3. The Morgan fingerprint density at radius 3 is 2.58 bits per heavy atom. The quantitative estimate of drug-likeness (QED) is 0.672. The fourth-order valence-electron chi connectivity index (χ4n) is 7.75. The van der Waals surface area contributed by atoms with E-state index in [1.54, 1.807) is 5.56 Å². The largest absolute Gasteiger partial charge is 0.508 e. The number of hydrogen-bond donors (Lipinski definition) is 1. The number of piperidine rings is 2. The van der Waals surface area contributed by atoms with Crippen LogP contribution in [0.2, 0.25) is 0 Å². The molecule has 5 atom stereocenters. The minimum Gasteiger partial charge on any atom is -0.508 e. The fraction of sp³-hybridized carbons (Fsp3) is 0.600. The van der Waals surface area contributed by atoms with Gasteiger partial charge in [0.1, 0.15) is 5.75 Å². The van der Waals surface area contributed by atoms with Crippen molar-refractivity contribution in [3.8, 4) is 5.75 Å². The molecule has 2 saturated heterocycles. The zero-order chi connectivity index (χ0) is 22.6. The first-order chi connectivity index (χ1) is 16.0. The average molecular weight is 445 g/mol. The van der Waals surface area contributed by atoms with Gasteiger partial charge in [0.25, 0.3) is 0 Å². The average Bonchev–Trinajstić information content (AvgIpc) is 3.53. The van der Waals surface area contributed by atoms with E-state index in [0.717, 1.165) is 12.3 Å². The van der Waals surface area contributed by atoms with Gasteiger partial charge in [-0.15, -0.1) is 0 Å². The van der Waals surface area contributed by atoms with Gasteiger partial charge < -0.3 is 10.0 Å². The molecule has 3 nitrogen and oxygen atoms in total. The van der Waals surface area contributed by atoms with E-state index in [4.69, 9.17) is 0 Å². The SMILES string of the molecule is C[C@H]1[C@H]2Cc3ccc(O)cc3[C@@]1(C)CCN2C[C@@H]1C[C@@]1(CN1CCCCC1)c1ccccc1. The smallest absolute Gasteiger partial charge is 0.115 e. The van der Waals surface area contributed by atoms with E-state index in [9.17, 15) is 5.11 Å². The van der Waals surface area contributed by atoms with E-state index in [-0.39, 0.29) is 5.41 Å². The highest BCUT2D eigenvalue weighted by Crippen LogP contribution is 2.57. The maximum absolute atomic E-state index is 10.2. The zero-order valence-electron chi connectivity index (χ0n) is 20.5. The Hall–Kier alpha value is -1.84. The van der Waals surface area contributed by atoms with Crippen LogP contribution in [-0.2, 0) is 17.3 Å². The number of benzene rings is 2. The van der Waals surface area contributed by atoms with Crippen LogP contribution >= 0.6 is 0 Å². The second kappa shape index (κ2) is 8.13. The molecule has 1 N–H and O–H groups in total. The molecular weight excluding hydrogens is 404 g/mol. The number of phenols is 1. The van der Waals surface area contributed by atoms with Crippen LogP contribution in [0.3, 0.4) is 0 Å². The van der Waals surface area contributed by atoms with Crippen molar-refractivity contribution in [2.45, 2.75) is 69.2 Å². The van der Waals surface area contributed by atoms with Gasteiger partial charge in [-0.3, -0.25) is 4.90 Å². The highest BCUT2D eigenvalue weighted by atomic mass is 16.3. The van der Waals surface area contributed by atoms with Gasteiger partial charge in [0.2, 0.25) is 0 Å². The zero-order valence-corrected chi connectivity index (χ0v) is 20.5. The van der Waals surface area contributed by atoms with E-state index in [1.807, 2.05) is 6.07 Å². The van der Waals surface area contributed by atoms with Crippen LogP contribution in [0.15, 0.2) is 48.5 Å². The molecule has 0 aromatic heterocycles. The van der Waals surface area contributed by atoms with Crippen LogP contribution in [0, 0.1) is 11.8 Å². The van der Waals surface area contributed by atoms with E-state index in [2.05, 4.69) is 66.1 Å². The topological polar surface area (TPSA) is 26.7 Å². The highest BCUT2D eigenvalue weighted by Gasteiger charge is 2.57. The van der Waals surface area contributed by atoms with Crippen molar-refractivity contribution in [1.82, 2.24) is 9.80 Å². The maximum Gasteiger partial charge on any atom is 0.115 e. The molecular formula is C30H40N2O. The number of nitrogens with zero attached hydrogens (tertiary/aromatic N) is 2. The normalized spacial score (nSPS) is 36.4. The molecule has 3 fully saturated rings. The number of hydrogen-bond acceptors (Lipinski definition) is 3. The maximum atomic E-state index is 10.2. The molecule has 2 bridgehead atoms. The molecule has 0 amide bonds. The summed E-state index contributed by atoms with van der Waals surface area (Å²) in [6.07, 6.45) is 7.81. The first kappa shape index (κ1) is 21.7. The Bertz CT molecular complexity index is 1000. The van der Waals surface area contributed by atoms with Crippen molar-refractivity contribution in [3.63, 3.8) is 0 Å². The second-order valence-corrected chi connectivity index (χ2v) is 11.8. The summed E-state index contributed by atoms with van der Waals surface area (Å²) in [4.78, 5) is 5.61. The van der Waals surface area contributed by atoms with Gasteiger partial charge in [-0.05, 0) is 97.8 Å². The summed E-state index contributed by atoms with van der Waals surface area (Å²) in [5.74, 6) is 1.80. The van der Waals surface area contributed by atoms with Crippen LogP contribution in [0.5, 0.6) is 5.75 Å². The van der Waals surface area contributed by atoms with Crippen molar-refractivity contribution < 1.29 is 5.11 Å². The summed E-state index contributed by atoms with van der Waals surface area (Å²) in [5.41, 5.74) is 4.96. The Kier molecular flexibility index (Phi) is 5.34. The molecule has 0 radical (unpaired) electrons. The van der Waals surface area contributed by atoms with Crippen molar-refractivity contribution in [2.75, 3.05) is 32.7 Å². The molecule has 33 heavy (non-hydrogen) atoms. The van der Waals surface area contributed by atoms with E-state index in [1.165, 1.54) is 76.0 Å². The molecule has 2 aromatic carbocycles. The lowest BCUT2D eigenvalue weighted by Gasteiger charge is -2.55. The van der Waals surface area contributed by atoms with Crippen molar-refractivity contribution in [3.05, 3.63) is 65.2 Å². The van der Waals surface area contributed by atoms with Crippen LogP contribution in [0.25, 0.3) is 0 Å². The Morgan fingerprint density at radius 2 is 1.79 bits per heavy atom. The van der Waals surface area contributed by atoms with Gasteiger partial charge >= 0.3 is 0 Å². The van der Waals surface area contributed by atoms with Crippen LogP contribution in [0.1, 0.15) is 62.6 Å². The molecule has 0 unspecified atom stereocenters.